The van der Waals surface area contributed by atoms with Gasteiger partial charge in [0.1, 0.15) is 11.5 Å². The molecule has 4 aliphatic rings. The van der Waals surface area contributed by atoms with Gasteiger partial charge in [-0.25, -0.2) is 0 Å². The number of ketones is 3. The minimum Gasteiger partial charge on any atom is -0.495 e. The lowest BCUT2D eigenvalue weighted by molar-refractivity contribution is -0.151. The molecule has 27 heavy (non-hydrogen) atoms. The Morgan fingerprint density at radius 1 is 1.15 bits per heavy atom. The van der Waals surface area contributed by atoms with Gasteiger partial charge >= 0.3 is 0 Å². The molecular formula is C19H24ClNO6. The zero-order valence-electron chi connectivity index (χ0n) is 16.0. The Balaban J connectivity index is 2.05. The number of hydrogen-bond donors (Lipinski definition) is 0. The minimum absolute atomic E-state index is 0.00253. The lowest BCUT2D eigenvalue weighted by Gasteiger charge is -2.51. The second-order valence-corrected chi connectivity index (χ2v) is 8.50. The van der Waals surface area contributed by atoms with Gasteiger partial charge in [-0.1, -0.05) is 0 Å². The zero-order valence-corrected chi connectivity index (χ0v) is 16.7. The second-order valence-electron chi connectivity index (χ2n) is 7.98. The van der Waals surface area contributed by atoms with E-state index in [9.17, 15) is 14.4 Å². The number of carbonyl (C=O) groups excluding carboxylic acids is 3. The monoisotopic (exact) mass is 397 g/mol. The normalized spacial score (nSPS) is 44.3. The van der Waals surface area contributed by atoms with Crippen LogP contribution in [-0.4, -0.2) is 74.2 Å². The predicted octanol–water partition coefficient (Wildman–Crippen LogP) is 1.08. The van der Waals surface area contributed by atoms with Crippen molar-refractivity contribution in [3.05, 3.63) is 11.5 Å². The topological polar surface area (TPSA) is 82.1 Å². The highest BCUT2D eigenvalue weighted by molar-refractivity contribution is 6.30. The van der Waals surface area contributed by atoms with Gasteiger partial charge in [-0.2, -0.15) is 0 Å². The first-order chi connectivity index (χ1) is 12.8. The van der Waals surface area contributed by atoms with Crippen molar-refractivity contribution < 1.29 is 28.6 Å². The standard InChI is InChI=1S/C19H24ClNO6/c1-21-6-5-17-8-10(22)14(26-3)16(27-4)18(17,21)9-12(20)19(17)13(23)7-11(25-2)15(19)24/h11-12H,5-9H2,1-4H3/t11?,12-,17?,18?,19?/m0/s1. The van der Waals surface area contributed by atoms with Crippen molar-refractivity contribution in [1.29, 1.82) is 0 Å². The predicted molar refractivity (Wildman–Crippen MR) is 95.2 cm³/mol. The number of methoxy groups -OCH3 is 3. The zero-order chi connectivity index (χ0) is 19.8. The minimum atomic E-state index is -1.45. The van der Waals surface area contributed by atoms with Gasteiger partial charge in [-0.05, 0) is 26.4 Å². The van der Waals surface area contributed by atoms with Crippen LogP contribution in [-0.2, 0) is 28.6 Å². The molecule has 0 aromatic rings. The summed E-state index contributed by atoms with van der Waals surface area (Å²) in [6.45, 7) is 0.626. The Morgan fingerprint density at radius 3 is 2.41 bits per heavy atom. The van der Waals surface area contributed by atoms with Gasteiger partial charge in [0.2, 0.25) is 11.5 Å². The van der Waals surface area contributed by atoms with E-state index in [0.29, 0.717) is 25.1 Å². The maximum Gasteiger partial charge on any atom is 0.201 e. The van der Waals surface area contributed by atoms with Crippen molar-refractivity contribution in [1.82, 2.24) is 4.90 Å². The van der Waals surface area contributed by atoms with E-state index < -0.39 is 27.8 Å². The molecule has 1 aliphatic heterocycles. The van der Waals surface area contributed by atoms with Crippen LogP contribution in [0.25, 0.3) is 0 Å². The quantitative estimate of drug-likeness (QED) is 0.520. The number of halogens is 1. The third-order valence-corrected chi connectivity index (χ3v) is 7.98. The van der Waals surface area contributed by atoms with Crippen LogP contribution in [0.2, 0.25) is 0 Å². The van der Waals surface area contributed by atoms with Crippen LogP contribution >= 0.6 is 11.6 Å². The Hall–Kier alpha value is -1.44. The number of Topliss-reactive ketones (excluding diaryl/α,β-unsaturated/α-hetero) is 3. The third-order valence-electron chi connectivity index (χ3n) is 7.50. The van der Waals surface area contributed by atoms with E-state index in [-0.39, 0.29) is 36.0 Å². The van der Waals surface area contributed by atoms with Crippen LogP contribution in [0.3, 0.4) is 0 Å². The second kappa shape index (κ2) is 5.78. The fourth-order valence-corrected chi connectivity index (χ4v) is 7.20. The fraction of sp³-hybridized carbons (Fsp3) is 0.737. The summed E-state index contributed by atoms with van der Waals surface area (Å²) in [6, 6.07) is 0. The largest absolute Gasteiger partial charge is 0.495 e. The van der Waals surface area contributed by atoms with Crippen molar-refractivity contribution in [2.45, 2.75) is 42.7 Å². The number of likely N-dealkylation sites (N-methyl/N-ethyl adjacent to an activating group) is 1. The first kappa shape index (κ1) is 18.9. The highest BCUT2D eigenvalue weighted by Gasteiger charge is 2.84. The Labute approximate surface area is 162 Å². The summed E-state index contributed by atoms with van der Waals surface area (Å²) >= 11 is 6.83. The summed E-state index contributed by atoms with van der Waals surface area (Å²) in [5.41, 5.74) is -3.23. The summed E-state index contributed by atoms with van der Waals surface area (Å²) in [5, 5.41) is -0.741. The van der Waals surface area contributed by atoms with E-state index in [1.165, 1.54) is 21.3 Å². The van der Waals surface area contributed by atoms with Crippen molar-refractivity contribution >= 4 is 29.0 Å². The molecule has 0 aromatic carbocycles. The van der Waals surface area contributed by atoms with Crippen LogP contribution in [0.15, 0.2) is 11.5 Å². The molecule has 0 radical (unpaired) electrons. The Bertz CT molecular complexity index is 780. The summed E-state index contributed by atoms with van der Waals surface area (Å²) < 4.78 is 16.4. The molecule has 3 fully saturated rings. The molecule has 0 aromatic heterocycles. The summed E-state index contributed by atoms with van der Waals surface area (Å²) in [7, 11) is 6.27. The van der Waals surface area contributed by atoms with E-state index in [2.05, 4.69) is 4.90 Å². The van der Waals surface area contributed by atoms with E-state index in [1.807, 2.05) is 7.05 Å². The summed E-state index contributed by atoms with van der Waals surface area (Å²) in [6.07, 6.45) is 0.0595. The van der Waals surface area contributed by atoms with Gasteiger partial charge in [-0.15, -0.1) is 11.6 Å². The molecule has 4 unspecified atom stereocenters. The van der Waals surface area contributed by atoms with Crippen LogP contribution in [0.1, 0.15) is 25.7 Å². The molecule has 0 N–H and O–H groups in total. The number of hydrogen-bond acceptors (Lipinski definition) is 7. The van der Waals surface area contributed by atoms with Crippen molar-refractivity contribution in [3.8, 4) is 0 Å². The summed E-state index contributed by atoms with van der Waals surface area (Å²) in [4.78, 5) is 41.9. The van der Waals surface area contributed by atoms with Crippen LogP contribution < -0.4 is 0 Å². The Kier molecular flexibility index (Phi) is 4.05. The van der Waals surface area contributed by atoms with Crippen LogP contribution in [0.5, 0.6) is 0 Å². The first-order valence-electron chi connectivity index (χ1n) is 9.10. The SMILES string of the molecule is COC1=C(OC)C23C[C@H](Cl)C4(C(=O)CC(OC)C4=O)C2(CCN3C)CC1=O. The first-order valence-corrected chi connectivity index (χ1v) is 9.53. The summed E-state index contributed by atoms with van der Waals surface area (Å²) in [5.74, 6) is -0.238. The molecule has 1 saturated heterocycles. The van der Waals surface area contributed by atoms with Gasteiger partial charge in [0.05, 0.1) is 25.1 Å². The Morgan fingerprint density at radius 2 is 1.85 bits per heavy atom. The smallest absolute Gasteiger partial charge is 0.201 e. The van der Waals surface area contributed by atoms with Crippen molar-refractivity contribution in [2.75, 3.05) is 34.9 Å². The molecule has 1 spiro atoms. The molecule has 1 heterocycles. The molecule has 0 bridgehead atoms. The van der Waals surface area contributed by atoms with Gasteiger partial charge in [0.15, 0.2) is 17.3 Å². The number of nitrogens with zero attached hydrogens (tertiary/aromatic N) is 1. The van der Waals surface area contributed by atoms with Gasteiger partial charge in [0, 0.05) is 25.4 Å². The maximum absolute atomic E-state index is 13.5. The molecule has 3 aliphatic carbocycles. The molecule has 4 rings (SSSR count). The highest BCUT2D eigenvalue weighted by atomic mass is 35.5. The molecule has 7 nitrogen and oxygen atoms in total. The number of alkyl halides is 1. The number of carbonyl (C=O) groups is 3. The molecule has 0 amide bonds. The molecular weight excluding hydrogens is 374 g/mol. The van der Waals surface area contributed by atoms with E-state index in [0.717, 1.165) is 0 Å². The lowest BCUT2D eigenvalue weighted by Crippen LogP contribution is -2.62. The third kappa shape index (κ3) is 1.75. The number of likely N-dealkylation sites (tertiary alicyclic amines) is 1. The lowest BCUT2D eigenvalue weighted by atomic mass is 9.53. The maximum atomic E-state index is 13.5. The number of allylic oxidation sites excluding steroid dienone is 1. The van der Waals surface area contributed by atoms with E-state index in [1.54, 1.807) is 0 Å². The molecule has 2 saturated carbocycles. The van der Waals surface area contributed by atoms with Crippen LogP contribution in [0.4, 0.5) is 0 Å². The average Bonchev–Trinajstić information content (AvgIpc) is 3.15. The van der Waals surface area contributed by atoms with Crippen molar-refractivity contribution in [2.24, 2.45) is 10.8 Å². The van der Waals surface area contributed by atoms with Gasteiger partial charge in [-0.3, -0.25) is 19.3 Å². The van der Waals surface area contributed by atoms with Crippen LogP contribution in [0, 0.1) is 10.8 Å². The van der Waals surface area contributed by atoms with E-state index >= 15 is 0 Å². The van der Waals surface area contributed by atoms with Gasteiger partial charge < -0.3 is 14.2 Å². The van der Waals surface area contributed by atoms with Crippen molar-refractivity contribution in [3.63, 3.8) is 0 Å². The molecule has 5 atom stereocenters. The average molecular weight is 398 g/mol. The van der Waals surface area contributed by atoms with E-state index in [4.69, 9.17) is 25.8 Å². The molecule has 8 heteroatoms. The molecule has 148 valence electrons. The number of ether oxygens (including phenoxy) is 3. The highest BCUT2D eigenvalue weighted by Crippen LogP contribution is 2.74. The number of rotatable bonds is 3. The van der Waals surface area contributed by atoms with Gasteiger partial charge in [0.25, 0.3) is 0 Å². The fourth-order valence-electron chi connectivity index (χ4n) is 6.54.